The Morgan fingerprint density at radius 2 is 1.06 bits per heavy atom. The first-order valence-electron chi connectivity index (χ1n) is 13.7. The minimum absolute atomic E-state index is 0. The number of allylic oxidation sites excluding steroid dienone is 1. The summed E-state index contributed by atoms with van der Waals surface area (Å²) >= 11 is 0. The molecular formula is C28H53LiO4. The van der Waals surface area contributed by atoms with E-state index in [1.165, 1.54) is 109 Å². The van der Waals surface area contributed by atoms with Crippen LogP contribution >= 0.6 is 0 Å². The van der Waals surface area contributed by atoms with Crippen molar-refractivity contribution >= 4 is 11.9 Å². The molecule has 0 fully saturated rings. The van der Waals surface area contributed by atoms with Crippen LogP contribution in [-0.4, -0.2) is 22.2 Å². The van der Waals surface area contributed by atoms with Gasteiger partial charge in [0.1, 0.15) is 0 Å². The molecule has 0 spiro atoms. The van der Waals surface area contributed by atoms with Crippen LogP contribution in [0.2, 0.25) is 0 Å². The van der Waals surface area contributed by atoms with Gasteiger partial charge in [-0.1, -0.05) is 128 Å². The first-order chi connectivity index (χ1) is 15.6. The largest absolute Gasteiger partial charge is 1.00 e. The molecule has 0 radical (unpaired) electrons. The van der Waals surface area contributed by atoms with Crippen molar-refractivity contribution in [3.63, 3.8) is 0 Å². The first kappa shape index (κ1) is 34.4. The summed E-state index contributed by atoms with van der Waals surface area (Å²) in [4.78, 5) is 21.7. The molecule has 33 heavy (non-hydrogen) atoms. The zero-order valence-corrected chi connectivity index (χ0v) is 22.0. The quantitative estimate of drug-likeness (QED) is 0.0988. The van der Waals surface area contributed by atoms with E-state index < -0.39 is 17.9 Å². The topological polar surface area (TPSA) is 74.6 Å². The Morgan fingerprint density at radius 3 is 1.42 bits per heavy atom. The minimum Gasteiger partial charge on any atom is -1.00 e. The van der Waals surface area contributed by atoms with Crippen molar-refractivity contribution in [1.82, 2.24) is 0 Å². The Hall–Kier alpha value is -0.723. The van der Waals surface area contributed by atoms with Crippen LogP contribution in [0.15, 0.2) is 12.2 Å². The van der Waals surface area contributed by atoms with Crippen LogP contribution < -0.4 is 18.9 Å². The fourth-order valence-electron chi connectivity index (χ4n) is 4.20. The number of aliphatic carboxylic acids is 2. The fourth-order valence-corrected chi connectivity index (χ4v) is 4.20. The van der Waals surface area contributed by atoms with Crippen LogP contribution in [0, 0.1) is 5.92 Å². The van der Waals surface area contributed by atoms with Crippen molar-refractivity contribution < 1.29 is 40.1 Å². The molecule has 4 nitrogen and oxygen atoms in total. The Balaban J connectivity index is -0.00000480. The maximum Gasteiger partial charge on any atom is 1.00 e. The average Bonchev–Trinajstić information content (AvgIpc) is 2.76. The molecule has 0 saturated heterocycles. The van der Waals surface area contributed by atoms with Gasteiger partial charge in [0.05, 0.1) is 5.92 Å². The average molecular weight is 461 g/mol. The van der Waals surface area contributed by atoms with Crippen LogP contribution in [0.25, 0.3) is 0 Å². The van der Waals surface area contributed by atoms with E-state index in [0.717, 1.165) is 12.8 Å². The van der Waals surface area contributed by atoms with E-state index in [1.807, 2.05) is 6.08 Å². The molecule has 190 valence electrons. The van der Waals surface area contributed by atoms with E-state index in [4.69, 9.17) is 5.11 Å². The summed E-state index contributed by atoms with van der Waals surface area (Å²) in [5.41, 5.74) is 0. The molecule has 0 aromatic carbocycles. The molecule has 0 aliphatic carbocycles. The molecule has 0 heterocycles. The smallest absolute Gasteiger partial charge is 1.00 e. The van der Waals surface area contributed by atoms with Crippen molar-refractivity contribution in [2.24, 2.45) is 5.92 Å². The zero-order valence-electron chi connectivity index (χ0n) is 23.0. The van der Waals surface area contributed by atoms with Gasteiger partial charge in [0, 0.05) is 6.42 Å². The molecular weight excluding hydrogens is 407 g/mol. The number of carboxylic acids is 2. The Kier molecular flexibility index (Phi) is 28.7. The predicted molar refractivity (Wildman–Crippen MR) is 136 cm³/mol. The van der Waals surface area contributed by atoms with Gasteiger partial charge in [-0.2, -0.15) is 0 Å². The van der Waals surface area contributed by atoms with Gasteiger partial charge in [0.2, 0.25) is 0 Å². The van der Waals surface area contributed by atoms with E-state index >= 15 is 0 Å². The third kappa shape index (κ3) is 27.4. The second-order valence-corrected chi connectivity index (χ2v) is 9.46. The van der Waals surface area contributed by atoms with E-state index in [9.17, 15) is 14.7 Å². The predicted octanol–water partition coefficient (Wildman–Crippen LogP) is 6.05. The molecule has 0 amide bonds. The van der Waals surface area contributed by atoms with Gasteiger partial charge in [0.15, 0.2) is 0 Å². The van der Waals surface area contributed by atoms with Crippen LogP contribution in [0.1, 0.15) is 150 Å². The summed E-state index contributed by atoms with van der Waals surface area (Å²) < 4.78 is 0. The van der Waals surface area contributed by atoms with E-state index in [0.29, 0.717) is 12.8 Å². The standard InChI is InChI=1S/C28H52O4.Li.H/c1-2-3-4-5-6-7-8-9-10-11-12-13-14-15-16-17-18-19-20-21-23-26(28(31)32)24-22-25-27(29)30;;/h21,23,26H,2-20,22,24-25H2,1H3,(H,29,30)(H,31,32);;/q;+1;-1. The summed E-state index contributed by atoms with van der Waals surface area (Å²) in [5, 5.41) is 17.8. The van der Waals surface area contributed by atoms with Crippen molar-refractivity contribution in [2.75, 3.05) is 0 Å². The van der Waals surface area contributed by atoms with Crippen LogP contribution in [0.4, 0.5) is 0 Å². The molecule has 0 aliphatic rings. The van der Waals surface area contributed by atoms with Crippen molar-refractivity contribution in [3.05, 3.63) is 12.2 Å². The number of rotatable bonds is 25. The molecule has 2 N–H and O–H groups in total. The molecule has 0 aromatic rings. The number of carboxylic acid groups (broad SMARTS) is 2. The van der Waals surface area contributed by atoms with E-state index in [1.54, 1.807) is 6.08 Å². The normalized spacial score (nSPS) is 12.0. The Bertz CT molecular complexity index is 471. The summed E-state index contributed by atoms with van der Waals surface area (Å²) in [5.74, 6) is -2.27. The monoisotopic (exact) mass is 460 g/mol. The summed E-state index contributed by atoms with van der Waals surface area (Å²) in [7, 11) is 0. The van der Waals surface area contributed by atoms with Gasteiger partial charge >= 0.3 is 30.8 Å². The van der Waals surface area contributed by atoms with Crippen molar-refractivity contribution in [2.45, 2.75) is 148 Å². The molecule has 1 unspecified atom stereocenters. The first-order valence-corrected chi connectivity index (χ1v) is 13.7. The second kappa shape index (κ2) is 27.5. The number of hydrogen-bond donors (Lipinski definition) is 2. The van der Waals surface area contributed by atoms with Gasteiger partial charge in [-0.15, -0.1) is 0 Å². The second-order valence-electron chi connectivity index (χ2n) is 9.46. The van der Waals surface area contributed by atoms with Crippen molar-refractivity contribution in [1.29, 1.82) is 0 Å². The van der Waals surface area contributed by atoms with Gasteiger partial charge in [0.25, 0.3) is 0 Å². The van der Waals surface area contributed by atoms with Crippen LogP contribution in [-0.2, 0) is 9.59 Å². The summed E-state index contributed by atoms with van der Waals surface area (Å²) in [6, 6.07) is 0. The molecule has 5 heteroatoms. The van der Waals surface area contributed by atoms with Crippen LogP contribution in [0.3, 0.4) is 0 Å². The Labute approximate surface area is 218 Å². The maximum atomic E-state index is 11.2. The van der Waals surface area contributed by atoms with Gasteiger partial charge in [-0.25, -0.2) is 0 Å². The summed E-state index contributed by atoms with van der Waals surface area (Å²) in [6.07, 6.45) is 30.1. The molecule has 0 aromatic heterocycles. The van der Waals surface area contributed by atoms with Gasteiger partial charge < -0.3 is 11.6 Å². The fraction of sp³-hybridized carbons (Fsp3) is 0.857. The molecule has 1 atom stereocenters. The SMILES string of the molecule is CCCCCCCCCCCCCCCCCCCCC=CC(CCCC(=O)O)C(=O)O.[H-].[Li+]. The molecule has 0 rings (SSSR count). The van der Waals surface area contributed by atoms with E-state index in [2.05, 4.69) is 6.92 Å². The third-order valence-corrected chi connectivity index (χ3v) is 6.32. The molecule has 0 aliphatic heterocycles. The molecule has 0 bridgehead atoms. The maximum absolute atomic E-state index is 11.2. The third-order valence-electron chi connectivity index (χ3n) is 6.32. The van der Waals surface area contributed by atoms with Gasteiger partial charge in [-0.3, -0.25) is 9.59 Å². The van der Waals surface area contributed by atoms with Crippen LogP contribution in [0.5, 0.6) is 0 Å². The Morgan fingerprint density at radius 1 is 0.667 bits per heavy atom. The van der Waals surface area contributed by atoms with Gasteiger partial charge in [-0.05, 0) is 25.7 Å². The number of carbonyl (C=O) groups is 2. The number of hydrogen-bond acceptors (Lipinski definition) is 2. The number of unbranched alkanes of at least 4 members (excludes halogenated alkanes) is 18. The minimum atomic E-state index is -0.864. The van der Waals surface area contributed by atoms with Crippen molar-refractivity contribution in [3.8, 4) is 0 Å². The molecule has 0 saturated carbocycles. The van der Waals surface area contributed by atoms with E-state index in [-0.39, 0.29) is 26.7 Å². The summed E-state index contributed by atoms with van der Waals surface area (Å²) in [6.45, 7) is 2.28. The zero-order chi connectivity index (χ0) is 23.7.